The molecule has 114 valence electrons. The van der Waals surface area contributed by atoms with Crippen LogP contribution in [0.5, 0.6) is 0 Å². The van der Waals surface area contributed by atoms with Crippen LogP contribution in [0.2, 0.25) is 0 Å². The first-order chi connectivity index (χ1) is 9.52. The fraction of sp³-hybridized carbons (Fsp3) is 0.857. The molecule has 2 heterocycles. The second kappa shape index (κ2) is 6.43. The van der Waals surface area contributed by atoms with Crippen LogP contribution >= 0.6 is 0 Å². The SMILES string of the molecule is CCC1CN(C(=O)N2CCC(C)CC2C(=O)O)CCO1. The monoisotopic (exact) mass is 284 g/mol. The van der Waals surface area contributed by atoms with E-state index >= 15 is 0 Å². The van der Waals surface area contributed by atoms with E-state index in [2.05, 4.69) is 0 Å². The first-order valence-electron chi connectivity index (χ1n) is 7.42. The average molecular weight is 284 g/mol. The standard InChI is InChI=1S/C14H24N2O4/c1-3-11-9-15(6-7-20-11)14(19)16-5-4-10(2)8-12(16)13(17)18/h10-12H,3-9H2,1-2H3,(H,17,18). The summed E-state index contributed by atoms with van der Waals surface area (Å²) in [6.45, 7) is 6.25. The van der Waals surface area contributed by atoms with E-state index < -0.39 is 12.0 Å². The number of morpholine rings is 1. The Hall–Kier alpha value is -1.30. The fourth-order valence-electron chi connectivity index (χ4n) is 2.93. The van der Waals surface area contributed by atoms with Crippen LogP contribution in [0.15, 0.2) is 0 Å². The third-order valence-electron chi connectivity index (χ3n) is 4.26. The molecular weight excluding hydrogens is 260 g/mol. The highest BCUT2D eigenvalue weighted by atomic mass is 16.5. The van der Waals surface area contributed by atoms with Crippen LogP contribution < -0.4 is 0 Å². The Morgan fingerprint density at radius 2 is 2.10 bits per heavy atom. The Balaban J connectivity index is 2.04. The fourth-order valence-corrected chi connectivity index (χ4v) is 2.93. The Bertz CT molecular complexity index is 374. The van der Waals surface area contributed by atoms with Crippen LogP contribution in [0.3, 0.4) is 0 Å². The van der Waals surface area contributed by atoms with Gasteiger partial charge in [-0.05, 0) is 25.2 Å². The third kappa shape index (κ3) is 3.23. The highest BCUT2D eigenvalue weighted by molar-refractivity contribution is 5.83. The minimum Gasteiger partial charge on any atom is -0.480 e. The molecule has 0 aromatic rings. The predicted molar refractivity (Wildman–Crippen MR) is 73.5 cm³/mol. The van der Waals surface area contributed by atoms with Crippen molar-refractivity contribution in [2.24, 2.45) is 5.92 Å². The van der Waals surface area contributed by atoms with E-state index in [-0.39, 0.29) is 12.1 Å². The number of aliphatic carboxylic acids is 1. The van der Waals surface area contributed by atoms with Crippen molar-refractivity contribution >= 4 is 12.0 Å². The number of carbonyl (C=O) groups is 2. The van der Waals surface area contributed by atoms with Crippen molar-refractivity contribution in [2.75, 3.05) is 26.2 Å². The minimum atomic E-state index is -0.898. The van der Waals surface area contributed by atoms with Gasteiger partial charge in [0.05, 0.1) is 12.7 Å². The summed E-state index contributed by atoms with van der Waals surface area (Å²) in [5, 5.41) is 9.33. The zero-order chi connectivity index (χ0) is 14.7. The van der Waals surface area contributed by atoms with Gasteiger partial charge in [-0.1, -0.05) is 13.8 Å². The molecule has 6 nitrogen and oxygen atoms in total. The zero-order valence-electron chi connectivity index (χ0n) is 12.2. The van der Waals surface area contributed by atoms with Crippen molar-refractivity contribution < 1.29 is 19.4 Å². The number of carboxylic acid groups (broad SMARTS) is 1. The molecule has 1 N–H and O–H groups in total. The number of rotatable bonds is 2. The molecular formula is C14H24N2O4. The number of amides is 2. The summed E-state index contributed by atoms with van der Waals surface area (Å²) < 4.78 is 5.56. The molecule has 0 aromatic carbocycles. The molecule has 2 aliphatic rings. The molecule has 0 radical (unpaired) electrons. The first-order valence-corrected chi connectivity index (χ1v) is 7.42. The minimum absolute atomic E-state index is 0.0692. The van der Waals surface area contributed by atoms with Crippen molar-refractivity contribution in [2.45, 2.75) is 45.3 Å². The molecule has 0 aliphatic carbocycles. The van der Waals surface area contributed by atoms with Crippen molar-refractivity contribution in [3.05, 3.63) is 0 Å². The summed E-state index contributed by atoms with van der Waals surface area (Å²) in [5.41, 5.74) is 0. The quantitative estimate of drug-likeness (QED) is 0.832. The summed E-state index contributed by atoms with van der Waals surface area (Å²) in [5.74, 6) is -0.543. The molecule has 3 unspecified atom stereocenters. The van der Waals surface area contributed by atoms with Gasteiger partial charge in [0.15, 0.2) is 0 Å². The maximum Gasteiger partial charge on any atom is 0.326 e. The molecule has 2 aliphatic heterocycles. The van der Waals surface area contributed by atoms with Gasteiger partial charge in [-0.3, -0.25) is 0 Å². The molecule has 2 saturated heterocycles. The van der Waals surface area contributed by atoms with E-state index in [0.29, 0.717) is 38.6 Å². The number of urea groups is 1. The van der Waals surface area contributed by atoms with Crippen LogP contribution in [0, 0.1) is 5.92 Å². The number of likely N-dealkylation sites (tertiary alicyclic amines) is 1. The van der Waals surface area contributed by atoms with Crippen LogP contribution in [-0.2, 0) is 9.53 Å². The number of piperidine rings is 1. The number of hydrogen-bond acceptors (Lipinski definition) is 3. The lowest BCUT2D eigenvalue weighted by Crippen LogP contribution is -2.57. The van der Waals surface area contributed by atoms with Gasteiger partial charge in [0.2, 0.25) is 0 Å². The van der Waals surface area contributed by atoms with Crippen molar-refractivity contribution in [3.63, 3.8) is 0 Å². The maximum atomic E-state index is 12.6. The Morgan fingerprint density at radius 3 is 2.75 bits per heavy atom. The van der Waals surface area contributed by atoms with Gasteiger partial charge >= 0.3 is 12.0 Å². The number of carboxylic acids is 1. The summed E-state index contributed by atoms with van der Waals surface area (Å²) in [6.07, 6.45) is 2.35. The van der Waals surface area contributed by atoms with Crippen LogP contribution in [0.4, 0.5) is 4.79 Å². The zero-order valence-corrected chi connectivity index (χ0v) is 12.2. The van der Waals surface area contributed by atoms with E-state index in [9.17, 15) is 14.7 Å². The van der Waals surface area contributed by atoms with Gasteiger partial charge in [-0.2, -0.15) is 0 Å². The first kappa shape index (κ1) is 15.1. The Labute approximate surface area is 119 Å². The van der Waals surface area contributed by atoms with Crippen LogP contribution in [0.1, 0.15) is 33.1 Å². The lowest BCUT2D eigenvalue weighted by Gasteiger charge is -2.41. The number of ether oxygens (including phenoxy) is 1. The predicted octanol–water partition coefficient (Wildman–Crippen LogP) is 1.40. The van der Waals surface area contributed by atoms with Crippen LogP contribution in [0.25, 0.3) is 0 Å². The van der Waals surface area contributed by atoms with Gasteiger partial charge < -0.3 is 19.6 Å². The van der Waals surface area contributed by atoms with Gasteiger partial charge in [0.1, 0.15) is 6.04 Å². The van der Waals surface area contributed by atoms with Gasteiger partial charge in [0, 0.05) is 19.6 Å². The summed E-state index contributed by atoms with van der Waals surface area (Å²) in [7, 11) is 0. The molecule has 2 fully saturated rings. The lowest BCUT2D eigenvalue weighted by atomic mass is 9.92. The topological polar surface area (TPSA) is 70.1 Å². The van der Waals surface area contributed by atoms with E-state index in [1.807, 2.05) is 13.8 Å². The highest BCUT2D eigenvalue weighted by Crippen LogP contribution is 2.24. The third-order valence-corrected chi connectivity index (χ3v) is 4.26. The molecule has 6 heteroatoms. The number of carbonyl (C=O) groups excluding carboxylic acids is 1. The van der Waals surface area contributed by atoms with Gasteiger partial charge in [-0.25, -0.2) is 9.59 Å². The Kier molecular flexibility index (Phi) is 4.86. The van der Waals surface area contributed by atoms with Crippen LogP contribution in [-0.4, -0.2) is 65.3 Å². The number of nitrogens with zero attached hydrogens (tertiary/aromatic N) is 2. The molecule has 3 atom stereocenters. The molecule has 2 rings (SSSR count). The highest BCUT2D eigenvalue weighted by Gasteiger charge is 2.37. The van der Waals surface area contributed by atoms with Crippen molar-refractivity contribution in [3.8, 4) is 0 Å². The van der Waals surface area contributed by atoms with Crippen molar-refractivity contribution in [1.82, 2.24) is 9.80 Å². The van der Waals surface area contributed by atoms with Crippen molar-refractivity contribution in [1.29, 1.82) is 0 Å². The van der Waals surface area contributed by atoms with E-state index in [0.717, 1.165) is 12.8 Å². The van der Waals surface area contributed by atoms with Gasteiger partial charge in [0.25, 0.3) is 0 Å². The lowest BCUT2D eigenvalue weighted by molar-refractivity contribution is -0.144. The molecule has 0 aromatic heterocycles. The van der Waals surface area contributed by atoms with E-state index in [4.69, 9.17) is 4.74 Å². The molecule has 0 spiro atoms. The van der Waals surface area contributed by atoms with E-state index in [1.54, 1.807) is 4.90 Å². The second-order valence-corrected chi connectivity index (χ2v) is 5.81. The average Bonchev–Trinajstić information content (AvgIpc) is 2.46. The molecule has 2 amide bonds. The second-order valence-electron chi connectivity index (χ2n) is 5.81. The molecule has 20 heavy (non-hydrogen) atoms. The summed E-state index contributed by atoms with van der Waals surface area (Å²) in [6, 6.07) is -0.833. The maximum absolute atomic E-state index is 12.6. The summed E-state index contributed by atoms with van der Waals surface area (Å²) in [4.78, 5) is 27.2. The summed E-state index contributed by atoms with van der Waals surface area (Å²) >= 11 is 0. The normalized spacial score (nSPS) is 31.2. The Morgan fingerprint density at radius 1 is 1.35 bits per heavy atom. The van der Waals surface area contributed by atoms with E-state index in [1.165, 1.54) is 4.90 Å². The molecule has 0 bridgehead atoms. The molecule has 0 saturated carbocycles. The number of hydrogen-bond donors (Lipinski definition) is 1. The largest absolute Gasteiger partial charge is 0.480 e. The van der Waals surface area contributed by atoms with Gasteiger partial charge in [-0.15, -0.1) is 0 Å². The smallest absolute Gasteiger partial charge is 0.326 e.